The maximum Gasteiger partial charge on any atom is 0.123 e. The minimum atomic E-state index is 0.577. The monoisotopic (exact) mass is 281 g/mol. The van der Waals surface area contributed by atoms with Gasteiger partial charge < -0.3 is 4.74 Å². The second kappa shape index (κ2) is 4.38. The summed E-state index contributed by atoms with van der Waals surface area (Å²) in [5.74, 6) is 1.06. The summed E-state index contributed by atoms with van der Waals surface area (Å²) in [4.78, 5) is 2.57. The first-order chi connectivity index (χ1) is 7.84. The third-order valence-corrected chi connectivity index (χ3v) is 4.35. The lowest BCUT2D eigenvalue weighted by molar-refractivity contribution is 0.142. The summed E-state index contributed by atoms with van der Waals surface area (Å²) in [5, 5.41) is 0. The third kappa shape index (κ3) is 1.87. The number of halogens is 1. The van der Waals surface area contributed by atoms with Crippen LogP contribution in [0.15, 0.2) is 22.7 Å². The van der Waals surface area contributed by atoms with Crippen LogP contribution in [0.25, 0.3) is 0 Å². The Morgan fingerprint density at radius 3 is 2.88 bits per heavy atom. The molecule has 2 nitrogen and oxygen atoms in total. The first kappa shape index (κ1) is 10.6. The molecule has 1 aromatic carbocycles. The Kier molecular flexibility index (Phi) is 2.90. The summed E-state index contributed by atoms with van der Waals surface area (Å²) in [6.45, 7) is 3.34. The van der Waals surface area contributed by atoms with Gasteiger partial charge in [-0.05, 0) is 44.5 Å². The van der Waals surface area contributed by atoms with Crippen LogP contribution in [0.1, 0.15) is 18.4 Å². The minimum absolute atomic E-state index is 0.577. The van der Waals surface area contributed by atoms with E-state index in [0.29, 0.717) is 6.04 Å². The lowest BCUT2D eigenvalue weighted by atomic mass is 10.0. The van der Waals surface area contributed by atoms with Gasteiger partial charge in [-0.1, -0.05) is 22.0 Å². The van der Waals surface area contributed by atoms with Crippen molar-refractivity contribution in [2.75, 3.05) is 19.7 Å². The molecule has 2 aliphatic rings. The molecule has 2 aliphatic heterocycles. The number of hydrogen-bond donors (Lipinski definition) is 0. The van der Waals surface area contributed by atoms with E-state index in [9.17, 15) is 0 Å². The molecule has 0 radical (unpaired) electrons. The van der Waals surface area contributed by atoms with Crippen LogP contribution in [0, 0.1) is 0 Å². The van der Waals surface area contributed by atoms with E-state index in [2.05, 4.69) is 33.0 Å². The molecule has 2 heterocycles. The Labute approximate surface area is 105 Å². The van der Waals surface area contributed by atoms with E-state index in [1.807, 2.05) is 6.07 Å². The summed E-state index contributed by atoms with van der Waals surface area (Å²) in [7, 11) is 0. The van der Waals surface area contributed by atoms with E-state index in [1.165, 1.54) is 36.0 Å². The molecule has 0 saturated carbocycles. The first-order valence-corrected chi connectivity index (χ1v) is 6.78. The quantitative estimate of drug-likeness (QED) is 0.785. The lowest BCUT2D eigenvalue weighted by Crippen LogP contribution is -2.41. The number of likely N-dealkylation sites (tertiary alicyclic amines) is 1. The molecule has 16 heavy (non-hydrogen) atoms. The fourth-order valence-corrected chi connectivity index (χ4v) is 3.20. The molecule has 1 unspecified atom stereocenters. The topological polar surface area (TPSA) is 12.5 Å². The van der Waals surface area contributed by atoms with Crippen molar-refractivity contribution in [3.63, 3.8) is 0 Å². The molecule has 1 fully saturated rings. The van der Waals surface area contributed by atoms with Crippen molar-refractivity contribution in [3.05, 3.63) is 28.2 Å². The molecule has 0 N–H and O–H groups in total. The van der Waals surface area contributed by atoms with Crippen molar-refractivity contribution < 1.29 is 4.74 Å². The van der Waals surface area contributed by atoms with E-state index in [0.717, 1.165) is 18.8 Å². The Morgan fingerprint density at radius 2 is 2.06 bits per heavy atom. The number of ether oxygens (including phenoxy) is 1. The molecule has 3 heteroatoms. The normalized spacial score (nSPS) is 25.2. The van der Waals surface area contributed by atoms with Gasteiger partial charge in [0.25, 0.3) is 0 Å². The number of fused-ring (bicyclic) bond motifs is 1. The van der Waals surface area contributed by atoms with Gasteiger partial charge in [-0.2, -0.15) is 0 Å². The first-order valence-electron chi connectivity index (χ1n) is 5.99. The van der Waals surface area contributed by atoms with E-state index in [-0.39, 0.29) is 0 Å². The van der Waals surface area contributed by atoms with Crippen molar-refractivity contribution in [1.82, 2.24) is 4.90 Å². The van der Waals surface area contributed by atoms with Crippen LogP contribution < -0.4 is 4.74 Å². The van der Waals surface area contributed by atoms with Crippen LogP contribution in [0.3, 0.4) is 0 Å². The molecule has 0 aromatic heterocycles. The number of rotatable bonds is 1. The largest absolute Gasteiger partial charge is 0.492 e. The van der Waals surface area contributed by atoms with Crippen LogP contribution in [0.5, 0.6) is 5.75 Å². The molecule has 1 atom stereocenters. The predicted octanol–water partition coefficient (Wildman–Crippen LogP) is 2.85. The zero-order chi connectivity index (χ0) is 11.0. The van der Waals surface area contributed by atoms with Gasteiger partial charge >= 0.3 is 0 Å². The van der Waals surface area contributed by atoms with Crippen LogP contribution >= 0.6 is 15.9 Å². The highest BCUT2D eigenvalue weighted by atomic mass is 79.9. The SMILES string of the molecule is Brc1cccc2c1CC(N1CCCC1)CO2. The number of nitrogens with zero attached hydrogens (tertiary/aromatic N) is 1. The standard InChI is InChI=1S/C13H16BrNO/c14-12-4-3-5-13-11(12)8-10(9-16-13)15-6-1-2-7-15/h3-5,10H,1-2,6-9H2. The smallest absolute Gasteiger partial charge is 0.123 e. The maximum absolute atomic E-state index is 5.86. The minimum Gasteiger partial charge on any atom is -0.492 e. The molecule has 0 bridgehead atoms. The van der Waals surface area contributed by atoms with Gasteiger partial charge in [0.05, 0.1) is 0 Å². The summed E-state index contributed by atoms with van der Waals surface area (Å²) < 4.78 is 7.05. The van der Waals surface area contributed by atoms with Crippen molar-refractivity contribution in [3.8, 4) is 5.75 Å². The average molecular weight is 282 g/mol. The lowest BCUT2D eigenvalue weighted by Gasteiger charge is -2.32. The summed E-state index contributed by atoms with van der Waals surface area (Å²) in [6.07, 6.45) is 3.81. The van der Waals surface area contributed by atoms with Crippen molar-refractivity contribution >= 4 is 15.9 Å². The van der Waals surface area contributed by atoms with Gasteiger partial charge in [0.2, 0.25) is 0 Å². The number of hydrogen-bond acceptors (Lipinski definition) is 2. The molecule has 0 amide bonds. The van der Waals surface area contributed by atoms with Crippen LogP contribution in [0.2, 0.25) is 0 Å². The molecular formula is C13H16BrNO. The van der Waals surface area contributed by atoms with E-state index >= 15 is 0 Å². The van der Waals surface area contributed by atoms with Crippen LogP contribution in [0.4, 0.5) is 0 Å². The summed E-state index contributed by atoms with van der Waals surface area (Å²) in [5.41, 5.74) is 1.34. The molecule has 86 valence electrons. The van der Waals surface area contributed by atoms with E-state index in [4.69, 9.17) is 4.74 Å². The third-order valence-electron chi connectivity index (χ3n) is 3.60. The fraction of sp³-hybridized carbons (Fsp3) is 0.538. The highest BCUT2D eigenvalue weighted by Crippen LogP contribution is 2.33. The van der Waals surface area contributed by atoms with Crippen molar-refractivity contribution in [2.24, 2.45) is 0 Å². The van der Waals surface area contributed by atoms with Crippen molar-refractivity contribution in [1.29, 1.82) is 0 Å². The Balaban J connectivity index is 1.82. The molecular weight excluding hydrogens is 266 g/mol. The van der Waals surface area contributed by atoms with Crippen molar-refractivity contribution in [2.45, 2.75) is 25.3 Å². The highest BCUT2D eigenvalue weighted by Gasteiger charge is 2.28. The molecule has 1 saturated heterocycles. The zero-order valence-corrected chi connectivity index (χ0v) is 10.9. The van der Waals surface area contributed by atoms with Gasteiger partial charge in [-0.25, -0.2) is 0 Å². The number of benzene rings is 1. The predicted molar refractivity (Wildman–Crippen MR) is 67.9 cm³/mol. The average Bonchev–Trinajstić information content (AvgIpc) is 2.83. The molecule has 3 rings (SSSR count). The zero-order valence-electron chi connectivity index (χ0n) is 9.29. The molecule has 0 aliphatic carbocycles. The van der Waals surface area contributed by atoms with Gasteiger partial charge in [0.1, 0.15) is 12.4 Å². The van der Waals surface area contributed by atoms with E-state index in [1.54, 1.807) is 0 Å². The second-order valence-corrected chi connectivity index (χ2v) is 5.48. The highest BCUT2D eigenvalue weighted by molar-refractivity contribution is 9.10. The molecule has 0 spiro atoms. The van der Waals surface area contributed by atoms with Crippen LogP contribution in [-0.2, 0) is 6.42 Å². The van der Waals surface area contributed by atoms with Gasteiger partial charge in [0.15, 0.2) is 0 Å². The van der Waals surface area contributed by atoms with Gasteiger partial charge in [-0.3, -0.25) is 4.90 Å². The van der Waals surface area contributed by atoms with E-state index < -0.39 is 0 Å². The Morgan fingerprint density at radius 1 is 1.25 bits per heavy atom. The maximum atomic E-state index is 5.86. The van der Waals surface area contributed by atoms with Crippen LogP contribution in [-0.4, -0.2) is 30.6 Å². The fourth-order valence-electron chi connectivity index (χ4n) is 2.69. The van der Waals surface area contributed by atoms with Gasteiger partial charge in [-0.15, -0.1) is 0 Å². The van der Waals surface area contributed by atoms with Gasteiger partial charge in [0, 0.05) is 16.1 Å². The summed E-state index contributed by atoms with van der Waals surface area (Å²) in [6, 6.07) is 6.79. The summed E-state index contributed by atoms with van der Waals surface area (Å²) >= 11 is 3.62. The Bertz CT molecular complexity index is 388. The Hall–Kier alpha value is -0.540. The second-order valence-electron chi connectivity index (χ2n) is 4.63. The molecule has 1 aromatic rings.